The summed E-state index contributed by atoms with van der Waals surface area (Å²) in [6, 6.07) is 36.6. The number of fused-ring (bicyclic) bond motifs is 4. The van der Waals surface area contributed by atoms with E-state index in [0.29, 0.717) is 0 Å². The van der Waals surface area contributed by atoms with E-state index >= 15 is 0 Å². The maximum Gasteiger partial charge on any atom is 0.143 e. The van der Waals surface area contributed by atoms with Crippen molar-refractivity contribution in [3.05, 3.63) is 103 Å². The molecule has 2 heteroatoms. The van der Waals surface area contributed by atoms with Crippen LogP contribution in [0, 0.1) is 0 Å². The monoisotopic (exact) mass is 416 g/mol. The van der Waals surface area contributed by atoms with Gasteiger partial charge in [-0.15, -0.1) is 11.8 Å². The summed E-state index contributed by atoms with van der Waals surface area (Å²) in [5.74, 6) is 0. The van der Waals surface area contributed by atoms with Crippen molar-refractivity contribution in [3.8, 4) is 22.3 Å². The van der Waals surface area contributed by atoms with E-state index in [1.807, 2.05) is 12.1 Å². The summed E-state index contributed by atoms with van der Waals surface area (Å²) < 4.78 is 6.23. The number of hydrogen-bond acceptors (Lipinski definition) is 2. The second-order valence-electron chi connectivity index (χ2n) is 7.72. The molecule has 0 fully saturated rings. The highest BCUT2D eigenvalue weighted by Gasteiger charge is 2.12. The van der Waals surface area contributed by atoms with Gasteiger partial charge >= 0.3 is 0 Å². The first-order valence-electron chi connectivity index (χ1n) is 10.4. The lowest BCUT2D eigenvalue weighted by Crippen LogP contribution is -1.85. The summed E-state index contributed by atoms with van der Waals surface area (Å²) in [5, 5.41) is 4.93. The first-order valence-corrected chi connectivity index (χ1v) is 11.6. The van der Waals surface area contributed by atoms with Gasteiger partial charge in [-0.1, -0.05) is 91.0 Å². The van der Waals surface area contributed by atoms with Crippen LogP contribution in [0.15, 0.2) is 112 Å². The fourth-order valence-corrected chi connectivity index (χ4v) is 5.11. The van der Waals surface area contributed by atoms with Crippen LogP contribution in [0.3, 0.4) is 0 Å². The van der Waals surface area contributed by atoms with Gasteiger partial charge < -0.3 is 4.42 Å². The third-order valence-electron chi connectivity index (χ3n) is 6.02. The maximum absolute atomic E-state index is 6.23. The zero-order valence-corrected chi connectivity index (χ0v) is 17.9. The predicted octanol–water partition coefficient (Wildman–Crippen LogP) is 8.80. The molecule has 6 rings (SSSR count). The molecule has 5 aromatic carbocycles. The Hall–Kier alpha value is -3.49. The van der Waals surface area contributed by atoms with E-state index in [2.05, 4.69) is 97.3 Å². The van der Waals surface area contributed by atoms with E-state index in [-0.39, 0.29) is 0 Å². The largest absolute Gasteiger partial charge is 0.455 e. The first-order chi connectivity index (χ1) is 15.3. The molecular formula is C29H20OS. The van der Waals surface area contributed by atoms with Gasteiger partial charge in [0, 0.05) is 21.2 Å². The van der Waals surface area contributed by atoms with Gasteiger partial charge in [-0.25, -0.2) is 0 Å². The van der Waals surface area contributed by atoms with Crippen molar-refractivity contribution in [1.82, 2.24) is 0 Å². The molecule has 0 saturated heterocycles. The second kappa shape index (κ2) is 7.33. The molecule has 0 atom stereocenters. The third-order valence-corrected chi connectivity index (χ3v) is 6.81. The fourth-order valence-electron chi connectivity index (χ4n) is 4.50. The zero-order valence-electron chi connectivity index (χ0n) is 17.1. The van der Waals surface area contributed by atoms with Crippen LogP contribution >= 0.6 is 11.8 Å². The minimum Gasteiger partial charge on any atom is -0.455 e. The Labute approximate surface area is 185 Å². The number of benzene rings is 5. The minimum absolute atomic E-state index is 0.932. The second-order valence-corrected chi connectivity index (χ2v) is 8.57. The molecule has 0 radical (unpaired) electrons. The van der Waals surface area contributed by atoms with E-state index < -0.39 is 0 Å². The number of para-hydroxylation sites is 2. The van der Waals surface area contributed by atoms with Crippen molar-refractivity contribution < 1.29 is 4.42 Å². The van der Waals surface area contributed by atoms with Gasteiger partial charge in [-0.2, -0.15) is 0 Å². The highest BCUT2D eigenvalue weighted by atomic mass is 32.2. The summed E-state index contributed by atoms with van der Waals surface area (Å²) >= 11 is 1.79. The van der Waals surface area contributed by atoms with Crippen LogP contribution in [0.4, 0.5) is 0 Å². The van der Waals surface area contributed by atoms with Crippen molar-refractivity contribution in [2.45, 2.75) is 4.90 Å². The van der Waals surface area contributed by atoms with Gasteiger partial charge in [0.2, 0.25) is 0 Å². The average molecular weight is 417 g/mol. The average Bonchev–Trinajstić information content (AvgIpc) is 3.22. The fraction of sp³-hybridized carbons (Fsp3) is 0.0345. The molecule has 0 saturated carbocycles. The molecule has 0 bridgehead atoms. The van der Waals surface area contributed by atoms with Crippen molar-refractivity contribution in [2.75, 3.05) is 6.26 Å². The van der Waals surface area contributed by atoms with E-state index in [0.717, 1.165) is 27.5 Å². The van der Waals surface area contributed by atoms with Crippen LogP contribution in [0.5, 0.6) is 0 Å². The van der Waals surface area contributed by atoms with Crippen LogP contribution in [0.1, 0.15) is 0 Å². The smallest absolute Gasteiger partial charge is 0.143 e. The lowest BCUT2D eigenvalue weighted by atomic mass is 9.95. The van der Waals surface area contributed by atoms with Crippen molar-refractivity contribution >= 4 is 44.5 Å². The van der Waals surface area contributed by atoms with Crippen molar-refractivity contribution in [2.24, 2.45) is 0 Å². The van der Waals surface area contributed by atoms with Crippen LogP contribution in [-0.4, -0.2) is 6.26 Å². The van der Waals surface area contributed by atoms with Crippen LogP contribution in [0.2, 0.25) is 0 Å². The highest BCUT2D eigenvalue weighted by molar-refractivity contribution is 7.98. The van der Waals surface area contributed by atoms with E-state index in [1.54, 1.807) is 11.8 Å². The van der Waals surface area contributed by atoms with Crippen molar-refractivity contribution in [3.63, 3.8) is 0 Å². The molecule has 0 N–H and O–H groups in total. The topological polar surface area (TPSA) is 13.1 Å². The van der Waals surface area contributed by atoms with E-state index in [1.165, 1.54) is 32.4 Å². The quantitative estimate of drug-likeness (QED) is 0.267. The first kappa shape index (κ1) is 18.3. The molecule has 6 aromatic rings. The Morgan fingerprint density at radius 3 is 1.94 bits per heavy atom. The molecule has 0 aliphatic rings. The van der Waals surface area contributed by atoms with Gasteiger partial charge in [-0.3, -0.25) is 0 Å². The molecule has 0 unspecified atom stereocenters. The summed E-state index contributed by atoms with van der Waals surface area (Å²) in [6.07, 6.45) is 2.13. The summed E-state index contributed by atoms with van der Waals surface area (Å²) in [5.41, 5.74) is 6.67. The SMILES string of the molecule is CSc1ccc(-c2ccc(-c3cccc4c3oc3ccccc34)cc2)c2ccccc12. The number of furan rings is 1. The van der Waals surface area contributed by atoms with Crippen LogP contribution in [-0.2, 0) is 0 Å². The van der Waals surface area contributed by atoms with E-state index in [4.69, 9.17) is 4.42 Å². The van der Waals surface area contributed by atoms with Gasteiger partial charge in [-0.05, 0) is 45.9 Å². The Bertz CT molecular complexity index is 1560. The van der Waals surface area contributed by atoms with Gasteiger partial charge in [0.05, 0.1) is 0 Å². The number of rotatable bonds is 3. The van der Waals surface area contributed by atoms with Gasteiger partial charge in [0.1, 0.15) is 11.2 Å². The lowest BCUT2D eigenvalue weighted by molar-refractivity contribution is 0.670. The zero-order chi connectivity index (χ0) is 20.8. The predicted molar refractivity (Wildman–Crippen MR) is 134 cm³/mol. The molecule has 1 nitrogen and oxygen atoms in total. The Morgan fingerprint density at radius 2 is 1.16 bits per heavy atom. The van der Waals surface area contributed by atoms with Crippen LogP contribution in [0.25, 0.3) is 55.0 Å². The van der Waals surface area contributed by atoms with Crippen LogP contribution < -0.4 is 0 Å². The Kier molecular flexibility index (Phi) is 4.33. The molecule has 148 valence electrons. The standard InChI is InChI=1S/C29H20OS/c1-31-28-18-17-21(23-7-2-3-9-25(23)28)19-13-15-20(16-14-19)22-10-6-11-26-24-8-4-5-12-27(24)30-29(22)26/h2-18H,1H3. The number of thioether (sulfide) groups is 1. The summed E-state index contributed by atoms with van der Waals surface area (Å²) in [4.78, 5) is 1.31. The van der Waals surface area contributed by atoms with Gasteiger partial charge in [0.15, 0.2) is 0 Å². The summed E-state index contributed by atoms with van der Waals surface area (Å²) in [6.45, 7) is 0. The summed E-state index contributed by atoms with van der Waals surface area (Å²) in [7, 11) is 0. The molecule has 0 aliphatic heterocycles. The van der Waals surface area contributed by atoms with E-state index in [9.17, 15) is 0 Å². The molecule has 31 heavy (non-hydrogen) atoms. The van der Waals surface area contributed by atoms with Crippen molar-refractivity contribution in [1.29, 1.82) is 0 Å². The Morgan fingerprint density at radius 1 is 0.516 bits per heavy atom. The van der Waals surface area contributed by atoms with Gasteiger partial charge in [0.25, 0.3) is 0 Å². The normalized spacial score (nSPS) is 11.5. The lowest BCUT2D eigenvalue weighted by Gasteiger charge is -2.11. The third kappa shape index (κ3) is 2.95. The number of hydrogen-bond donors (Lipinski definition) is 0. The maximum atomic E-state index is 6.23. The molecular weight excluding hydrogens is 396 g/mol. The highest BCUT2D eigenvalue weighted by Crippen LogP contribution is 2.38. The molecule has 1 aromatic heterocycles. The minimum atomic E-state index is 0.932. The molecule has 0 spiro atoms. The Balaban J connectivity index is 1.48. The molecule has 0 amide bonds. The molecule has 0 aliphatic carbocycles. The molecule has 1 heterocycles.